The van der Waals surface area contributed by atoms with Gasteiger partial charge >= 0.3 is 0 Å². The summed E-state index contributed by atoms with van der Waals surface area (Å²) < 4.78 is 0. The monoisotopic (exact) mass is 180 g/mol. The van der Waals surface area contributed by atoms with E-state index in [1.165, 1.54) is 6.42 Å². The average molecular weight is 180 g/mol. The Morgan fingerprint density at radius 3 is 2.00 bits per heavy atom. The van der Waals surface area contributed by atoms with Crippen LogP contribution in [0.1, 0.15) is 48.0 Å². The Bertz CT molecular complexity index is 230. The summed E-state index contributed by atoms with van der Waals surface area (Å²) >= 11 is 0. The van der Waals surface area contributed by atoms with Gasteiger partial charge in [0.15, 0.2) is 0 Å². The zero-order chi connectivity index (χ0) is 10.0. The van der Waals surface area contributed by atoms with Crippen molar-refractivity contribution in [2.45, 2.75) is 48.0 Å². The molecular formula is C13H24. The molecule has 5 atom stereocenters. The van der Waals surface area contributed by atoms with Crippen molar-refractivity contribution in [1.82, 2.24) is 0 Å². The standard InChI is InChI=1S/C13H24/c1-8(2)13-7-9(3)10(4)12(13,6)11(13)5/h8-11H,7H2,1-6H3. The third-order valence-corrected chi connectivity index (χ3v) is 6.08. The van der Waals surface area contributed by atoms with Crippen molar-refractivity contribution in [2.24, 2.45) is 34.5 Å². The van der Waals surface area contributed by atoms with Gasteiger partial charge < -0.3 is 0 Å². The molecular weight excluding hydrogens is 156 g/mol. The third-order valence-electron chi connectivity index (χ3n) is 6.08. The second-order valence-corrected chi connectivity index (χ2v) is 6.17. The van der Waals surface area contributed by atoms with Gasteiger partial charge in [-0.1, -0.05) is 41.5 Å². The van der Waals surface area contributed by atoms with Crippen LogP contribution in [-0.2, 0) is 0 Å². The molecule has 0 heteroatoms. The summed E-state index contributed by atoms with van der Waals surface area (Å²) in [6, 6.07) is 0. The van der Waals surface area contributed by atoms with E-state index < -0.39 is 0 Å². The molecule has 2 fully saturated rings. The second-order valence-electron chi connectivity index (χ2n) is 6.17. The molecule has 0 N–H and O–H groups in total. The fourth-order valence-corrected chi connectivity index (χ4v) is 4.87. The smallest absolute Gasteiger partial charge is 0.0181 e. The molecule has 0 aromatic rings. The van der Waals surface area contributed by atoms with Gasteiger partial charge in [-0.15, -0.1) is 0 Å². The van der Waals surface area contributed by atoms with Crippen LogP contribution in [-0.4, -0.2) is 0 Å². The topological polar surface area (TPSA) is 0 Å². The molecule has 2 rings (SSSR count). The highest BCUT2D eigenvalue weighted by molar-refractivity contribution is 5.25. The molecule has 13 heavy (non-hydrogen) atoms. The number of hydrogen-bond acceptors (Lipinski definition) is 0. The summed E-state index contributed by atoms with van der Waals surface area (Å²) in [4.78, 5) is 0. The van der Waals surface area contributed by atoms with Crippen LogP contribution < -0.4 is 0 Å². The minimum atomic E-state index is 0.667. The molecule has 0 amide bonds. The van der Waals surface area contributed by atoms with Gasteiger partial charge in [0.05, 0.1) is 0 Å². The van der Waals surface area contributed by atoms with Crippen molar-refractivity contribution in [3.8, 4) is 0 Å². The zero-order valence-corrected chi connectivity index (χ0v) is 10.0. The van der Waals surface area contributed by atoms with Gasteiger partial charge in [0.25, 0.3) is 0 Å². The SMILES string of the molecule is CC1CC2(C(C)C)C(C)C2(C)C1C. The van der Waals surface area contributed by atoms with Crippen LogP contribution >= 0.6 is 0 Å². The number of fused-ring (bicyclic) bond motifs is 1. The van der Waals surface area contributed by atoms with E-state index in [4.69, 9.17) is 0 Å². The quantitative estimate of drug-likeness (QED) is 0.573. The molecule has 2 aliphatic carbocycles. The lowest BCUT2D eigenvalue weighted by molar-refractivity contribution is 0.279. The molecule has 76 valence electrons. The van der Waals surface area contributed by atoms with Crippen LogP contribution in [0.5, 0.6) is 0 Å². The molecule has 0 spiro atoms. The lowest BCUT2D eigenvalue weighted by atomic mass is 9.84. The molecule has 5 unspecified atom stereocenters. The van der Waals surface area contributed by atoms with E-state index in [-0.39, 0.29) is 0 Å². The Morgan fingerprint density at radius 2 is 1.69 bits per heavy atom. The molecule has 0 aromatic carbocycles. The molecule has 2 aliphatic rings. The highest BCUT2D eigenvalue weighted by Gasteiger charge is 2.77. The Balaban J connectivity index is 2.34. The number of hydrogen-bond donors (Lipinski definition) is 0. The summed E-state index contributed by atoms with van der Waals surface area (Å²) in [5.41, 5.74) is 1.37. The predicted octanol–water partition coefficient (Wildman–Crippen LogP) is 3.96. The minimum absolute atomic E-state index is 0.667. The first kappa shape index (κ1) is 9.55. The molecule has 0 nitrogen and oxygen atoms in total. The van der Waals surface area contributed by atoms with E-state index >= 15 is 0 Å². The largest absolute Gasteiger partial charge is 0.0622 e. The van der Waals surface area contributed by atoms with E-state index in [1.807, 2.05) is 0 Å². The van der Waals surface area contributed by atoms with Crippen molar-refractivity contribution >= 4 is 0 Å². The van der Waals surface area contributed by atoms with Gasteiger partial charge in [0.1, 0.15) is 0 Å². The van der Waals surface area contributed by atoms with E-state index in [9.17, 15) is 0 Å². The van der Waals surface area contributed by atoms with Crippen molar-refractivity contribution in [3.63, 3.8) is 0 Å². The summed E-state index contributed by atoms with van der Waals surface area (Å²) in [5.74, 6) is 3.72. The van der Waals surface area contributed by atoms with Crippen LogP contribution in [0.3, 0.4) is 0 Å². The molecule has 0 heterocycles. The zero-order valence-electron chi connectivity index (χ0n) is 10.0. The molecule has 0 radical (unpaired) electrons. The highest BCUT2D eigenvalue weighted by Crippen LogP contribution is 2.83. The van der Waals surface area contributed by atoms with Gasteiger partial charge in [0.2, 0.25) is 0 Å². The van der Waals surface area contributed by atoms with Crippen LogP contribution in [0.4, 0.5) is 0 Å². The maximum Gasteiger partial charge on any atom is -0.0181 e. The van der Waals surface area contributed by atoms with Crippen LogP contribution in [0.15, 0.2) is 0 Å². The van der Waals surface area contributed by atoms with Crippen molar-refractivity contribution < 1.29 is 0 Å². The first-order chi connectivity index (χ1) is 5.89. The third kappa shape index (κ3) is 0.750. The fourth-order valence-electron chi connectivity index (χ4n) is 4.87. The summed E-state index contributed by atoms with van der Waals surface area (Å²) in [5, 5.41) is 0. The molecule has 0 bridgehead atoms. The Morgan fingerprint density at radius 1 is 1.15 bits per heavy atom. The van der Waals surface area contributed by atoms with E-state index in [0.29, 0.717) is 10.8 Å². The highest BCUT2D eigenvalue weighted by atomic mass is 14.8. The normalized spacial score (nSPS) is 59.8. The molecule has 0 aliphatic heterocycles. The Kier molecular flexibility index (Phi) is 1.71. The fraction of sp³-hybridized carbons (Fsp3) is 1.00. The lowest BCUT2D eigenvalue weighted by Crippen LogP contribution is -2.14. The van der Waals surface area contributed by atoms with Gasteiger partial charge in [-0.2, -0.15) is 0 Å². The lowest BCUT2D eigenvalue weighted by Gasteiger charge is -2.21. The van der Waals surface area contributed by atoms with E-state index in [2.05, 4.69) is 41.5 Å². The first-order valence-corrected chi connectivity index (χ1v) is 5.89. The first-order valence-electron chi connectivity index (χ1n) is 5.89. The Labute approximate surface area is 83.1 Å². The molecule has 0 aromatic heterocycles. The summed E-state index contributed by atoms with van der Waals surface area (Å²) in [6.45, 7) is 14.8. The molecule has 2 saturated carbocycles. The van der Waals surface area contributed by atoms with Crippen LogP contribution in [0.25, 0.3) is 0 Å². The number of rotatable bonds is 1. The maximum atomic E-state index is 2.53. The van der Waals surface area contributed by atoms with Gasteiger partial charge in [0, 0.05) is 0 Å². The van der Waals surface area contributed by atoms with E-state index in [0.717, 1.165) is 23.7 Å². The van der Waals surface area contributed by atoms with E-state index in [1.54, 1.807) is 0 Å². The minimum Gasteiger partial charge on any atom is -0.0622 e. The second kappa shape index (κ2) is 2.32. The van der Waals surface area contributed by atoms with Crippen LogP contribution in [0, 0.1) is 34.5 Å². The molecule has 0 saturated heterocycles. The van der Waals surface area contributed by atoms with Gasteiger partial charge in [-0.05, 0) is 40.9 Å². The maximum absolute atomic E-state index is 2.53. The average Bonchev–Trinajstić information content (AvgIpc) is 2.43. The van der Waals surface area contributed by atoms with Crippen molar-refractivity contribution in [3.05, 3.63) is 0 Å². The Hall–Kier alpha value is 0. The van der Waals surface area contributed by atoms with Crippen molar-refractivity contribution in [1.29, 1.82) is 0 Å². The van der Waals surface area contributed by atoms with Gasteiger partial charge in [-0.25, -0.2) is 0 Å². The summed E-state index contributed by atoms with van der Waals surface area (Å²) in [7, 11) is 0. The summed E-state index contributed by atoms with van der Waals surface area (Å²) in [6.07, 6.45) is 1.48. The van der Waals surface area contributed by atoms with Crippen molar-refractivity contribution in [2.75, 3.05) is 0 Å². The van der Waals surface area contributed by atoms with Crippen LogP contribution in [0.2, 0.25) is 0 Å². The van der Waals surface area contributed by atoms with Gasteiger partial charge in [-0.3, -0.25) is 0 Å². The predicted molar refractivity (Wildman–Crippen MR) is 57.5 cm³/mol.